The number of carbonyl (C=O) groups excluding carboxylic acids is 1. The zero-order valence-corrected chi connectivity index (χ0v) is 21.6. The molecule has 9 heteroatoms. The van der Waals surface area contributed by atoms with Crippen molar-refractivity contribution in [2.24, 2.45) is 0 Å². The van der Waals surface area contributed by atoms with E-state index in [2.05, 4.69) is 34.7 Å². The Kier molecular flexibility index (Phi) is 10.4. The van der Waals surface area contributed by atoms with E-state index in [0.29, 0.717) is 17.3 Å². The molecule has 1 aromatic heterocycles. The Bertz CT molecular complexity index is 965. The smallest absolute Gasteiger partial charge is 0.239 e. The zero-order valence-electron chi connectivity index (χ0n) is 16.8. The molecule has 0 radical (unpaired) electrons. The lowest BCUT2D eigenvalue weighted by Crippen LogP contribution is -2.39. The molecular formula is C21H24BrCl2N3OS2. The molecule has 3 aromatic rings. The number of halogens is 3. The Hall–Kier alpha value is -0.830. The molecule has 0 unspecified atom stereocenters. The lowest BCUT2D eigenvalue weighted by Gasteiger charge is -2.24. The van der Waals surface area contributed by atoms with E-state index in [1.165, 1.54) is 11.8 Å². The highest BCUT2D eigenvalue weighted by atomic mass is 79.9. The number of fused-ring (bicyclic) bond motifs is 1. The second kappa shape index (κ2) is 12.3. The molecule has 2 aromatic carbocycles. The van der Waals surface area contributed by atoms with Gasteiger partial charge in [-0.1, -0.05) is 52.7 Å². The second-order valence-corrected chi connectivity index (χ2v) is 9.83. The summed E-state index contributed by atoms with van der Waals surface area (Å²) < 4.78 is 2.08. The average molecular weight is 549 g/mol. The van der Waals surface area contributed by atoms with Crippen LogP contribution < -0.4 is 4.90 Å². The minimum Gasteiger partial charge on any atom is -0.302 e. The predicted octanol–water partition coefficient (Wildman–Crippen LogP) is 6.60. The van der Waals surface area contributed by atoms with Gasteiger partial charge in [0.25, 0.3) is 0 Å². The van der Waals surface area contributed by atoms with Crippen molar-refractivity contribution in [3.8, 4) is 0 Å². The zero-order chi connectivity index (χ0) is 20.8. The largest absolute Gasteiger partial charge is 0.302 e. The van der Waals surface area contributed by atoms with Crippen molar-refractivity contribution in [1.29, 1.82) is 0 Å². The normalized spacial score (nSPS) is 11.0. The quantitative estimate of drug-likeness (QED) is 0.282. The molecule has 0 bridgehead atoms. The third-order valence-corrected chi connectivity index (χ3v) is 7.36. The van der Waals surface area contributed by atoms with Crippen LogP contribution in [0, 0.1) is 0 Å². The van der Waals surface area contributed by atoms with Gasteiger partial charge in [-0.25, -0.2) is 4.98 Å². The fraction of sp³-hybridized carbons (Fsp3) is 0.333. The van der Waals surface area contributed by atoms with Gasteiger partial charge in [-0.2, -0.15) is 0 Å². The molecule has 4 nitrogen and oxygen atoms in total. The molecule has 0 aliphatic heterocycles. The highest BCUT2D eigenvalue weighted by Crippen LogP contribution is 2.31. The number of likely N-dealkylation sites (N-methyl/N-ethyl adjacent to an activating group) is 1. The first-order valence-corrected chi connectivity index (χ1v) is 12.4. The molecule has 30 heavy (non-hydrogen) atoms. The van der Waals surface area contributed by atoms with Crippen LogP contribution in [-0.2, 0) is 4.79 Å². The van der Waals surface area contributed by atoms with Crippen LogP contribution in [-0.4, -0.2) is 47.7 Å². The third kappa shape index (κ3) is 6.84. The summed E-state index contributed by atoms with van der Waals surface area (Å²) in [6.07, 6.45) is 0. The van der Waals surface area contributed by atoms with E-state index in [1.807, 2.05) is 47.4 Å². The molecule has 1 amide bonds. The number of thioether (sulfide) groups is 1. The van der Waals surface area contributed by atoms with E-state index < -0.39 is 0 Å². The maximum Gasteiger partial charge on any atom is 0.239 e. The predicted molar refractivity (Wildman–Crippen MR) is 137 cm³/mol. The second-order valence-electron chi connectivity index (χ2n) is 6.42. The highest BCUT2D eigenvalue weighted by Gasteiger charge is 2.20. The van der Waals surface area contributed by atoms with Crippen molar-refractivity contribution in [2.75, 3.05) is 36.8 Å². The fourth-order valence-corrected chi connectivity index (χ4v) is 5.33. The Labute approximate surface area is 205 Å². The molecule has 3 rings (SSSR count). The van der Waals surface area contributed by atoms with Crippen LogP contribution in [0.5, 0.6) is 0 Å². The number of anilines is 1. The topological polar surface area (TPSA) is 36.4 Å². The number of amides is 1. The average Bonchev–Trinajstić information content (AvgIpc) is 3.13. The van der Waals surface area contributed by atoms with Crippen molar-refractivity contribution in [3.63, 3.8) is 0 Å². The number of benzene rings is 2. The van der Waals surface area contributed by atoms with Crippen LogP contribution in [0.3, 0.4) is 0 Å². The van der Waals surface area contributed by atoms with Gasteiger partial charge >= 0.3 is 0 Å². The van der Waals surface area contributed by atoms with Crippen LogP contribution in [0.4, 0.5) is 5.13 Å². The minimum atomic E-state index is 0. The number of hydrogen-bond donors (Lipinski definition) is 0. The van der Waals surface area contributed by atoms with Gasteiger partial charge in [-0.3, -0.25) is 9.69 Å². The van der Waals surface area contributed by atoms with Crippen LogP contribution >= 0.6 is 63.0 Å². The summed E-state index contributed by atoms with van der Waals surface area (Å²) >= 11 is 12.5. The fourth-order valence-electron chi connectivity index (χ4n) is 2.86. The van der Waals surface area contributed by atoms with Gasteiger partial charge in [-0.05, 0) is 55.6 Å². The van der Waals surface area contributed by atoms with Crippen LogP contribution in [0.1, 0.15) is 13.8 Å². The van der Waals surface area contributed by atoms with Crippen LogP contribution in [0.15, 0.2) is 51.8 Å². The van der Waals surface area contributed by atoms with E-state index in [9.17, 15) is 4.79 Å². The number of aromatic nitrogens is 1. The highest BCUT2D eigenvalue weighted by molar-refractivity contribution is 9.10. The summed E-state index contributed by atoms with van der Waals surface area (Å²) in [7, 11) is 0. The minimum absolute atomic E-state index is 0. The molecule has 0 N–H and O–H groups in total. The Balaban J connectivity index is 0.00000320. The first-order valence-electron chi connectivity index (χ1n) is 9.47. The van der Waals surface area contributed by atoms with Gasteiger partial charge in [-0.15, -0.1) is 24.2 Å². The standard InChI is InChI=1S/C21H23BrClN3OS2.ClH/c1-3-25(4-2)11-12-26(20(27)14-28-17-8-6-16(23)7-9-17)21-24-18-10-5-15(22)13-19(18)29-21;/h5-10,13H,3-4,11-12,14H2,1-2H3;1H. The SMILES string of the molecule is CCN(CC)CCN(C(=O)CSc1ccc(Cl)cc1)c1nc2ccc(Br)cc2s1.Cl. The molecule has 162 valence electrons. The van der Waals surface area contributed by atoms with Gasteiger partial charge in [0.15, 0.2) is 5.13 Å². The number of hydrogen-bond acceptors (Lipinski definition) is 5. The number of thiazole rings is 1. The van der Waals surface area contributed by atoms with Gasteiger partial charge in [0.05, 0.1) is 16.0 Å². The summed E-state index contributed by atoms with van der Waals surface area (Å²) in [6, 6.07) is 13.6. The number of carbonyl (C=O) groups is 1. The molecule has 0 saturated heterocycles. The van der Waals surface area contributed by atoms with Crippen molar-refractivity contribution < 1.29 is 4.79 Å². The van der Waals surface area contributed by atoms with E-state index in [0.717, 1.165) is 44.4 Å². The van der Waals surface area contributed by atoms with Gasteiger partial charge in [0.2, 0.25) is 5.91 Å². The van der Waals surface area contributed by atoms with E-state index in [4.69, 9.17) is 16.6 Å². The number of nitrogens with zero attached hydrogens (tertiary/aromatic N) is 3. The molecule has 0 spiro atoms. The summed E-state index contributed by atoms with van der Waals surface area (Å²) in [5, 5.41) is 1.45. The summed E-state index contributed by atoms with van der Waals surface area (Å²) in [5.74, 6) is 0.426. The summed E-state index contributed by atoms with van der Waals surface area (Å²) in [4.78, 5) is 23.0. The van der Waals surface area contributed by atoms with Crippen molar-refractivity contribution in [3.05, 3.63) is 52.0 Å². The third-order valence-electron chi connectivity index (χ3n) is 4.58. The molecule has 0 aliphatic rings. The monoisotopic (exact) mass is 547 g/mol. The van der Waals surface area contributed by atoms with E-state index in [-0.39, 0.29) is 18.3 Å². The van der Waals surface area contributed by atoms with Crippen molar-refractivity contribution in [1.82, 2.24) is 9.88 Å². The summed E-state index contributed by atoms with van der Waals surface area (Å²) in [5.41, 5.74) is 0.916. The Morgan fingerprint density at radius 2 is 1.83 bits per heavy atom. The Morgan fingerprint density at radius 3 is 2.50 bits per heavy atom. The molecular weight excluding hydrogens is 525 g/mol. The molecule has 0 saturated carbocycles. The van der Waals surface area contributed by atoms with Crippen molar-refractivity contribution in [2.45, 2.75) is 18.7 Å². The van der Waals surface area contributed by atoms with E-state index in [1.54, 1.807) is 11.3 Å². The van der Waals surface area contributed by atoms with Crippen molar-refractivity contribution >= 4 is 84.3 Å². The molecule has 1 heterocycles. The van der Waals surface area contributed by atoms with Crippen LogP contribution in [0.2, 0.25) is 5.02 Å². The maximum absolute atomic E-state index is 13.1. The van der Waals surface area contributed by atoms with Gasteiger partial charge in [0, 0.05) is 27.5 Å². The first-order chi connectivity index (χ1) is 14.0. The number of rotatable bonds is 9. The maximum atomic E-state index is 13.1. The van der Waals surface area contributed by atoms with Crippen LogP contribution in [0.25, 0.3) is 10.2 Å². The van der Waals surface area contributed by atoms with E-state index >= 15 is 0 Å². The summed E-state index contributed by atoms with van der Waals surface area (Å²) in [6.45, 7) is 7.66. The first kappa shape index (κ1) is 25.4. The lowest BCUT2D eigenvalue weighted by molar-refractivity contribution is -0.116. The van der Waals surface area contributed by atoms with Gasteiger partial charge < -0.3 is 4.90 Å². The molecule has 0 atom stereocenters. The molecule has 0 fully saturated rings. The Morgan fingerprint density at radius 1 is 1.13 bits per heavy atom. The lowest BCUT2D eigenvalue weighted by atomic mass is 10.3. The molecule has 0 aliphatic carbocycles. The van der Waals surface area contributed by atoms with Gasteiger partial charge in [0.1, 0.15) is 0 Å².